The van der Waals surface area contributed by atoms with E-state index in [1.165, 1.54) is 0 Å². The molecule has 28 heavy (non-hydrogen) atoms. The number of hydrogen-bond acceptors (Lipinski definition) is 6. The molecular formula is C20H31N5O3. The number of β-amino-alcohol motifs (C(OH)–C–C–N with tert-alkyl or cyclic N) is 1. The molecule has 0 bridgehead atoms. The minimum Gasteiger partial charge on any atom is -0.388 e. The van der Waals surface area contributed by atoms with E-state index in [1.807, 2.05) is 25.8 Å². The van der Waals surface area contributed by atoms with E-state index in [9.17, 15) is 14.7 Å². The molecule has 2 aliphatic heterocycles. The monoisotopic (exact) mass is 389 g/mol. The molecule has 1 fully saturated rings. The predicted molar refractivity (Wildman–Crippen MR) is 107 cm³/mol. The molecular weight excluding hydrogens is 358 g/mol. The molecule has 0 saturated carbocycles. The van der Waals surface area contributed by atoms with Crippen LogP contribution in [0.3, 0.4) is 0 Å². The van der Waals surface area contributed by atoms with Gasteiger partial charge >= 0.3 is 0 Å². The van der Waals surface area contributed by atoms with Gasteiger partial charge in [-0.1, -0.05) is 0 Å². The van der Waals surface area contributed by atoms with E-state index in [0.717, 1.165) is 37.3 Å². The van der Waals surface area contributed by atoms with Crippen LogP contribution in [0.15, 0.2) is 12.3 Å². The Hall–Kier alpha value is -2.19. The third-order valence-corrected chi connectivity index (χ3v) is 5.37. The van der Waals surface area contributed by atoms with E-state index in [4.69, 9.17) is 0 Å². The highest BCUT2D eigenvalue weighted by atomic mass is 16.3. The molecule has 0 radical (unpaired) electrons. The first-order valence-electron chi connectivity index (χ1n) is 9.89. The van der Waals surface area contributed by atoms with E-state index >= 15 is 0 Å². The van der Waals surface area contributed by atoms with E-state index in [-0.39, 0.29) is 18.2 Å². The molecule has 0 aliphatic carbocycles. The fourth-order valence-corrected chi connectivity index (χ4v) is 4.06. The number of carbonyl (C=O) groups is 2. The Morgan fingerprint density at radius 3 is 2.96 bits per heavy atom. The largest absolute Gasteiger partial charge is 0.388 e. The number of amides is 2. The number of hydrogen-bond donors (Lipinski definition) is 4. The molecule has 0 aromatic carbocycles. The van der Waals surface area contributed by atoms with E-state index < -0.39 is 11.1 Å². The van der Waals surface area contributed by atoms with Gasteiger partial charge < -0.3 is 26.0 Å². The number of likely N-dealkylation sites (N-methyl/N-ethyl adjacent to an activating group) is 1. The summed E-state index contributed by atoms with van der Waals surface area (Å²) in [6.07, 6.45) is 3.98. The van der Waals surface area contributed by atoms with Gasteiger partial charge in [0.15, 0.2) is 0 Å². The first kappa shape index (κ1) is 20.5. The first-order chi connectivity index (χ1) is 13.2. The van der Waals surface area contributed by atoms with E-state index in [2.05, 4.69) is 20.9 Å². The van der Waals surface area contributed by atoms with Crippen molar-refractivity contribution in [1.82, 2.24) is 20.5 Å². The summed E-state index contributed by atoms with van der Waals surface area (Å²) >= 11 is 0. The highest BCUT2D eigenvalue weighted by Crippen LogP contribution is 2.24. The quantitative estimate of drug-likeness (QED) is 0.565. The van der Waals surface area contributed by atoms with Crippen molar-refractivity contribution < 1.29 is 14.7 Å². The maximum absolute atomic E-state index is 12.6. The maximum Gasteiger partial charge on any atom is 0.251 e. The van der Waals surface area contributed by atoms with Crippen molar-refractivity contribution in [3.63, 3.8) is 0 Å². The Bertz CT molecular complexity index is 751. The normalized spacial score (nSPS) is 22.3. The van der Waals surface area contributed by atoms with Gasteiger partial charge in [0.2, 0.25) is 5.91 Å². The van der Waals surface area contributed by atoms with Crippen molar-refractivity contribution in [1.29, 1.82) is 0 Å². The number of nitrogens with one attached hydrogen (secondary N) is 3. The molecule has 2 aliphatic rings. The highest BCUT2D eigenvalue weighted by molar-refractivity contribution is 5.97. The second-order valence-corrected chi connectivity index (χ2v) is 8.72. The number of anilines is 1. The molecule has 1 saturated heterocycles. The summed E-state index contributed by atoms with van der Waals surface area (Å²) in [5.41, 5.74) is -0.0544. The Kier molecular flexibility index (Phi) is 5.90. The highest BCUT2D eigenvalue weighted by Gasteiger charge is 2.35. The Labute approximate surface area is 166 Å². The van der Waals surface area contributed by atoms with E-state index in [1.54, 1.807) is 12.3 Å². The van der Waals surface area contributed by atoms with Crippen LogP contribution in [0, 0.1) is 0 Å². The molecule has 8 heteroatoms. The van der Waals surface area contributed by atoms with Gasteiger partial charge in [-0.2, -0.15) is 0 Å². The number of aromatic nitrogens is 1. The van der Waals surface area contributed by atoms with Crippen LogP contribution < -0.4 is 16.0 Å². The zero-order valence-electron chi connectivity index (χ0n) is 17.0. The number of rotatable bonds is 6. The topological polar surface area (TPSA) is 107 Å². The van der Waals surface area contributed by atoms with Gasteiger partial charge in [0.1, 0.15) is 5.82 Å². The van der Waals surface area contributed by atoms with Gasteiger partial charge in [-0.15, -0.1) is 0 Å². The average Bonchev–Trinajstić information content (AvgIpc) is 3.07. The molecule has 3 rings (SSSR count). The molecule has 1 aromatic rings. The number of pyridine rings is 1. The summed E-state index contributed by atoms with van der Waals surface area (Å²) < 4.78 is 0. The van der Waals surface area contributed by atoms with Crippen LogP contribution in [0.1, 0.15) is 49.0 Å². The average molecular weight is 390 g/mol. The molecule has 154 valence electrons. The molecule has 3 heterocycles. The van der Waals surface area contributed by atoms with Crippen LogP contribution in [0.25, 0.3) is 0 Å². The lowest BCUT2D eigenvalue weighted by Gasteiger charge is -2.37. The van der Waals surface area contributed by atoms with Crippen LogP contribution in [-0.4, -0.2) is 71.2 Å². The number of piperidine rings is 1. The second-order valence-electron chi connectivity index (χ2n) is 8.72. The summed E-state index contributed by atoms with van der Waals surface area (Å²) in [5.74, 6) is 0.397. The zero-order valence-corrected chi connectivity index (χ0v) is 17.0. The lowest BCUT2D eigenvalue weighted by Crippen LogP contribution is -2.55. The molecule has 2 amide bonds. The van der Waals surface area contributed by atoms with Gasteiger partial charge in [-0.25, -0.2) is 4.98 Å². The van der Waals surface area contributed by atoms with Crippen molar-refractivity contribution in [2.45, 2.75) is 50.7 Å². The van der Waals surface area contributed by atoms with Crippen LogP contribution in [0.5, 0.6) is 0 Å². The molecule has 0 spiro atoms. The Balaban J connectivity index is 1.53. The van der Waals surface area contributed by atoms with Gasteiger partial charge in [0.25, 0.3) is 5.91 Å². The summed E-state index contributed by atoms with van der Waals surface area (Å²) in [5, 5.41) is 19.7. The number of aliphatic hydroxyl groups is 1. The molecule has 1 unspecified atom stereocenters. The van der Waals surface area contributed by atoms with Crippen LogP contribution in [-0.2, 0) is 11.2 Å². The number of nitrogens with zero attached hydrogens (tertiary/aromatic N) is 2. The van der Waals surface area contributed by atoms with Gasteiger partial charge in [-0.05, 0) is 52.8 Å². The maximum atomic E-state index is 12.6. The Morgan fingerprint density at radius 1 is 1.43 bits per heavy atom. The summed E-state index contributed by atoms with van der Waals surface area (Å²) in [7, 11) is 1.95. The third kappa shape index (κ3) is 4.99. The summed E-state index contributed by atoms with van der Waals surface area (Å²) in [6, 6.07) is 1.72. The second kappa shape index (κ2) is 8.05. The number of fused-ring (bicyclic) bond motifs is 1. The summed E-state index contributed by atoms with van der Waals surface area (Å²) in [6.45, 7) is 6.24. The lowest BCUT2D eigenvalue weighted by molar-refractivity contribution is -0.130. The van der Waals surface area contributed by atoms with Gasteiger partial charge in [-0.3, -0.25) is 9.59 Å². The molecule has 4 N–H and O–H groups in total. The van der Waals surface area contributed by atoms with Crippen LogP contribution >= 0.6 is 0 Å². The van der Waals surface area contributed by atoms with Crippen molar-refractivity contribution in [3.05, 3.63) is 23.4 Å². The summed E-state index contributed by atoms with van der Waals surface area (Å²) in [4.78, 5) is 31.4. The van der Waals surface area contributed by atoms with Crippen LogP contribution in [0.4, 0.5) is 5.82 Å². The first-order valence-corrected chi connectivity index (χ1v) is 9.89. The predicted octanol–water partition coefficient (Wildman–Crippen LogP) is 0.521. The zero-order chi connectivity index (χ0) is 20.4. The molecule has 1 atom stereocenters. The minimum absolute atomic E-state index is 0.0677. The minimum atomic E-state index is -0.985. The fraction of sp³-hybridized carbons (Fsp3) is 0.650. The van der Waals surface area contributed by atoms with Gasteiger partial charge in [0, 0.05) is 37.0 Å². The van der Waals surface area contributed by atoms with Crippen LogP contribution in [0.2, 0.25) is 0 Å². The van der Waals surface area contributed by atoms with Crippen molar-refractivity contribution >= 4 is 17.6 Å². The fourth-order valence-electron chi connectivity index (χ4n) is 4.06. The lowest BCUT2D eigenvalue weighted by atomic mass is 9.89. The SMILES string of the molecule is CN1CCCC(O)(CC(=O)NC(C)(C)CNC(=O)c2ccnc3c2CCN3)C1. The third-order valence-electron chi connectivity index (χ3n) is 5.37. The smallest absolute Gasteiger partial charge is 0.251 e. The molecule has 8 nitrogen and oxygen atoms in total. The van der Waals surface area contributed by atoms with Crippen molar-refractivity contribution in [2.75, 3.05) is 38.5 Å². The standard InChI is InChI=1S/C20H31N5O3/c1-19(2,24-16(26)11-20(28)7-4-10-25(3)13-20)12-23-18(27)15-6-9-22-17-14(15)5-8-21-17/h6,9,28H,4-5,7-8,10-13H2,1-3H3,(H,21,22)(H,23,27)(H,24,26). The molecule has 1 aromatic heterocycles. The number of carbonyl (C=O) groups excluding carboxylic acids is 2. The van der Waals surface area contributed by atoms with Crippen molar-refractivity contribution in [2.24, 2.45) is 0 Å². The van der Waals surface area contributed by atoms with Gasteiger partial charge in [0.05, 0.1) is 17.6 Å². The number of likely N-dealkylation sites (tertiary alicyclic amines) is 1. The van der Waals surface area contributed by atoms with Crippen molar-refractivity contribution in [3.8, 4) is 0 Å². The Morgan fingerprint density at radius 2 is 2.21 bits per heavy atom. The van der Waals surface area contributed by atoms with E-state index in [0.29, 0.717) is 25.1 Å².